The van der Waals surface area contributed by atoms with E-state index in [1.54, 1.807) is 0 Å². The lowest BCUT2D eigenvalue weighted by Gasteiger charge is -2.26. The Kier molecular flexibility index (Phi) is 5.47. The fourth-order valence-corrected chi connectivity index (χ4v) is 4.24. The summed E-state index contributed by atoms with van der Waals surface area (Å²) >= 11 is 0. The molecule has 0 radical (unpaired) electrons. The Balaban J connectivity index is 1.57. The molecule has 0 saturated heterocycles. The van der Waals surface area contributed by atoms with Crippen molar-refractivity contribution >= 4 is 10.8 Å². The predicted octanol–water partition coefficient (Wildman–Crippen LogP) is 6.77. The predicted molar refractivity (Wildman–Crippen MR) is 115 cm³/mol. The van der Waals surface area contributed by atoms with Crippen LogP contribution in [0.25, 0.3) is 10.8 Å². The van der Waals surface area contributed by atoms with Gasteiger partial charge in [-0.05, 0) is 77.8 Å². The van der Waals surface area contributed by atoms with E-state index in [-0.39, 0.29) is 11.7 Å². The highest BCUT2D eigenvalue weighted by Gasteiger charge is 2.24. The largest absolute Gasteiger partial charge is 0.493 e. The highest BCUT2D eigenvalue weighted by molar-refractivity contribution is 5.84. The molecule has 4 rings (SSSR count). The van der Waals surface area contributed by atoms with E-state index in [4.69, 9.17) is 4.74 Å². The summed E-state index contributed by atoms with van der Waals surface area (Å²) in [5.74, 6) is 1.11. The van der Waals surface area contributed by atoms with E-state index in [2.05, 4.69) is 37.8 Å². The third-order valence-electron chi connectivity index (χ3n) is 5.89. The van der Waals surface area contributed by atoms with E-state index in [1.807, 2.05) is 30.3 Å². The topological polar surface area (TPSA) is 9.23 Å². The number of aryl methyl sites for hydroxylation is 2. The second-order valence-electron chi connectivity index (χ2n) is 7.67. The number of halogens is 1. The number of hydrogen-bond acceptors (Lipinski definition) is 1. The summed E-state index contributed by atoms with van der Waals surface area (Å²) < 4.78 is 21.1. The van der Waals surface area contributed by atoms with Gasteiger partial charge in [-0.1, -0.05) is 49.4 Å². The SMILES string of the molecule is C=CCCOc1ccc2c(c1)CCC(c1ccc3cc(CC)ccc3c1F)C2. The van der Waals surface area contributed by atoms with Crippen LogP contribution in [0.5, 0.6) is 5.75 Å². The van der Waals surface area contributed by atoms with E-state index in [1.165, 1.54) is 16.7 Å². The Morgan fingerprint density at radius 2 is 2.00 bits per heavy atom. The van der Waals surface area contributed by atoms with Crippen molar-refractivity contribution in [1.29, 1.82) is 0 Å². The van der Waals surface area contributed by atoms with Crippen LogP contribution in [0.4, 0.5) is 4.39 Å². The summed E-state index contributed by atoms with van der Waals surface area (Å²) in [6.45, 7) is 6.51. The number of rotatable bonds is 6. The maximum atomic E-state index is 15.3. The summed E-state index contributed by atoms with van der Waals surface area (Å²) in [5.41, 5.74) is 4.75. The minimum atomic E-state index is -0.0435. The maximum absolute atomic E-state index is 15.3. The zero-order valence-electron chi connectivity index (χ0n) is 16.5. The van der Waals surface area contributed by atoms with Gasteiger partial charge in [0.2, 0.25) is 0 Å². The Labute approximate surface area is 166 Å². The van der Waals surface area contributed by atoms with Gasteiger partial charge in [0, 0.05) is 5.39 Å². The molecule has 1 atom stereocenters. The molecule has 28 heavy (non-hydrogen) atoms. The number of ether oxygens (including phenoxy) is 1. The van der Waals surface area contributed by atoms with Crippen molar-refractivity contribution in [3.63, 3.8) is 0 Å². The van der Waals surface area contributed by atoms with E-state index in [0.717, 1.165) is 54.2 Å². The zero-order valence-corrected chi connectivity index (χ0v) is 16.5. The lowest BCUT2D eigenvalue weighted by Crippen LogP contribution is -2.14. The zero-order chi connectivity index (χ0) is 19.5. The molecule has 1 aliphatic carbocycles. The molecule has 1 unspecified atom stereocenters. The van der Waals surface area contributed by atoms with Gasteiger partial charge in [0.05, 0.1) is 6.61 Å². The third kappa shape index (κ3) is 3.69. The van der Waals surface area contributed by atoms with E-state index >= 15 is 4.39 Å². The fourth-order valence-electron chi connectivity index (χ4n) is 4.24. The summed E-state index contributed by atoms with van der Waals surface area (Å²) in [4.78, 5) is 0. The minimum absolute atomic E-state index is 0.0435. The van der Waals surface area contributed by atoms with Crippen LogP contribution >= 0.6 is 0 Å². The molecule has 1 aliphatic rings. The smallest absolute Gasteiger partial charge is 0.134 e. The lowest BCUT2D eigenvalue weighted by atomic mass is 9.79. The molecule has 1 nitrogen and oxygen atoms in total. The summed E-state index contributed by atoms with van der Waals surface area (Å²) in [7, 11) is 0. The summed E-state index contributed by atoms with van der Waals surface area (Å²) in [6, 6.07) is 16.5. The number of fused-ring (bicyclic) bond motifs is 2. The first kappa shape index (κ1) is 18.7. The fraction of sp³-hybridized carbons (Fsp3) is 0.308. The van der Waals surface area contributed by atoms with Gasteiger partial charge < -0.3 is 4.74 Å². The van der Waals surface area contributed by atoms with Gasteiger partial charge in [-0.3, -0.25) is 0 Å². The molecule has 0 amide bonds. The van der Waals surface area contributed by atoms with Gasteiger partial charge in [-0.25, -0.2) is 4.39 Å². The van der Waals surface area contributed by atoms with Crippen molar-refractivity contribution in [2.75, 3.05) is 6.61 Å². The number of hydrogen-bond donors (Lipinski definition) is 0. The van der Waals surface area contributed by atoms with Gasteiger partial charge in [0.15, 0.2) is 0 Å². The van der Waals surface area contributed by atoms with Crippen molar-refractivity contribution in [2.45, 2.75) is 44.9 Å². The second kappa shape index (κ2) is 8.18. The molecule has 0 saturated carbocycles. The maximum Gasteiger partial charge on any atom is 0.134 e. The molecule has 0 aliphatic heterocycles. The van der Waals surface area contributed by atoms with Crippen LogP contribution in [0, 0.1) is 5.82 Å². The highest BCUT2D eigenvalue weighted by Crippen LogP contribution is 2.37. The molecule has 0 N–H and O–H groups in total. The molecule has 2 heteroatoms. The van der Waals surface area contributed by atoms with Crippen molar-refractivity contribution in [2.24, 2.45) is 0 Å². The van der Waals surface area contributed by atoms with Gasteiger partial charge >= 0.3 is 0 Å². The van der Waals surface area contributed by atoms with Crippen molar-refractivity contribution < 1.29 is 9.13 Å². The van der Waals surface area contributed by atoms with E-state index < -0.39 is 0 Å². The molecule has 3 aromatic carbocycles. The van der Waals surface area contributed by atoms with Crippen LogP contribution < -0.4 is 4.74 Å². The first-order valence-corrected chi connectivity index (χ1v) is 10.3. The minimum Gasteiger partial charge on any atom is -0.493 e. The van der Waals surface area contributed by atoms with Crippen LogP contribution in [0.3, 0.4) is 0 Å². The third-order valence-corrected chi connectivity index (χ3v) is 5.89. The number of benzene rings is 3. The molecule has 3 aromatic rings. The summed E-state index contributed by atoms with van der Waals surface area (Å²) in [6.07, 6.45) is 6.50. The standard InChI is InChI=1S/C26H27FO/c1-3-5-14-28-23-11-9-19-16-22(8-7-20(19)17-23)25-13-10-21-15-18(4-2)6-12-24(21)26(25)27/h3,6,9-13,15,17,22H,1,4-5,7-8,14,16H2,2H3. The van der Waals surface area contributed by atoms with E-state index in [0.29, 0.717) is 6.61 Å². The second-order valence-corrected chi connectivity index (χ2v) is 7.67. The molecule has 0 bridgehead atoms. The van der Waals surface area contributed by atoms with Crippen molar-refractivity contribution in [3.05, 3.63) is 89.3 Å². The van der Waals surface area contributed by atoms with Crippen LogP contribution in [-0.2, 0) is 19.3 Å². The molecule has 0 fully saturated rings. The van der Waals surface area contributed by atoms with Gasteiger partial charge in [-0.2, -0.15) is 0 Å². The van der Waals surface area contributed by atoms with Crippen molar-refractivity contribution in [1.82, 2.24) is 0 Å². The van der Waals surface area contributed by atoms with Gasteiger partial charge in [0.1, 0.15) is 11.6 Å². The van der Waals surface area contributed by atoms with Crippen LogP contribution in [0.2, 0.25) is 0 Å². The summed E-state index contributed by atoms with van der Waals surface area (Å²) in [5, 5.41) is 1.74. The Bertz CT molecular complexity index is 1000. The van der Waals surface area contributed by atoms with E-state index in [9.17, 15) is 0 Å². The first-order valence-electron chi connectivity index (χ1n) is 10.3. The quantitative estimate of drug-likeness (QED) is 0.342. The normalized spacial score (nSPS) is 16.0. The average molecular weight is 374 g/mol. The first-order chi connectivity index (χ1) is 13.7. The Morgan fingerprint density at radius 3 is 2.82 bits per heavy atom. The van der Waals surface area contributed by atoms with Crippen LogP contribution in [0.1, 0.15) is 47.9 Å². The molecule has 0 heterocycles. The lowest BCUT2D eigenvalue weighted by molar-refractivity contribution is 0.324. The monoisotopic (exact) mass is 374 g/mol. The Hall–Kier alpha value is -2.61. The molecular formula is C26H27FO. The van der Waals surface area contributed by atoms with Crippen LogP contribution in [-0.4, -0.2) is 6.61 Å². The molecule has 0 aromatic heterocycles. The van der Waals surface area contributed by atoms with Crippen molar-refractivity contribution in [3.8, 4) is 5.75 Å². The molecule has 144 valence electrons. The molecule has 0 spiro atoms. The van der Waals surface area contributed by atoms with Gasteiger partial charge in [0.25, 0.3) is 0 Å². The average Bonchev–Trinajstić information content (AvgIpc) is 2.73. The van der Waals surface area contributed by atoms with Gasteiger partial charge in [-0.15, -0.1) is 6.58 Å². The molecular weight excluding hydrogens is 347 g/mol. The highest BCUT2D eigenvalue weighted by atomic mass is 19.1. The Morgan fingerprint density at radius 1 is 1.11 bits per heavy atom. The van der Waals surface area contributed by atoms with Crippen LogP contribution in [0.15, 0.2) is 61.2 Å².